The van der Waals surface area contributed by atoms with E-state index in [-0.39, 0.29) is 0 Å². The molecule has 0 N–H and O–H groups in total. The number of rotatable bonds is 8. The van der Waals surface area contributed by atoms with Gasteiger partial charge in [-0.3, -0.25) is 0 Å². The fraction of sp³-hybridized carbons (Fsp3) is 1.00. The van der Waals surface area contributed by atoms with E-state index >= 15 is 0 Å². The van der Waals surface area contributed by atoms with E-state index in [9.17, 15) is 0 Å². The van der Waals surface area contributed by atoms with Gasteiger partial charge in [0.1, 0.15) is 0 Å². The van der Waals surface area contributed by atoms with Gasteiger partial charge in [0.2, 0.25) is 0 Å². The Bertz CT molecular complexity index is 219. The summed E-state index contributed by atoms with van der Waals surface area (Å²) in [4.78, 5) is 2.51. The molecule has 0 bridgehead atoms. The van der Waals surface area contributed by atoms with Crippen LogP contribution in [0.2, 0.25) is 6.32 Å². The second-order valence-electron chi connectivity index (χ2n) is 6.69. The summed E-state index contributed by atoms with van der Waals surface area (Å²) in [6, 6.07) is 0.582. The minimum Gasteiger partial charge on any atom is -0.304 e. The SMILES string of the molecule is [B]CC(CC(C)CC)N(C)CCC1CCC(C)C1. The lowest BCUT2D eigenvalue weighted by molar-refractivity contribution is 0.208. The number of hydrogen-bond acceptors (Lipinski definition) is 1. The zero-order chi connectivity index (χ0) is 13.5. The highest BCUT2D eigenvalue weighted by molar-refractivity contribution is 6.08. The molecule has 0 spiro atoms. The standard InChI is InChI=1S/C16H32BN/c1-5-13(2)11-16(12-17)18(4)9-8-15-7-6-14(3)10-15/h13-16H,5-12H2,1-4H3. The maximum absolute atomic E-state index is 5.94. The molecular formula is C16H32BN. The minimum atomic E-state index is 0.582. The van der Waals surface area contributed by atoms with Crippen LogP contribution >= 0.6 is 0 Å². The summed E-state index contributed by atoms with van der Waals surface area (Å²) in [7, 11) is 8.20. The maximum atomic E-state index is 5.94. The van der Waals surface area contributed by atoms with E-state index in [0.29, 0.717) is 6.04 Å². The van der Waals surface area contributed by atoms with E-state index < -0.39 is 0 Å². The van der Waals surface area contributed by atoms with Crippen molar-refractivity contribution in [2.75, 3.05) is 13.6 Å². The van der Waals surface area contributed by atoms with Crippen molar-refractivity contribution < 1.29 is 0 Å². The van der Waals surface area contributed by atoms with Gasteiger partial charge in [-0.2, -0.15) is 0 Å². The zero-order valence-corrected chi connectivity index (χ0v) is 13.0. The predicted octanol–water partition coefficient (Wildman–Crippen LogP) is 4.14. The smallest absolute Gasteiger partial charge is 0.0674 e. The molecule has 0 aromatic heterocycles. The second kappa shape index (κ2) is 8.25. The topological polar surface area (TPSA) is 3.24 Å². The van der Waals surface area contributed by atoms with Gasteiger partial charge in [-0.1, -0.05) is 46.4 Å². The van der Waals surface area contributed by atoms with Gasteiger partial charge >= 0.3 is 0 Å². The first-order valence-corrected chi connectivity index (χ1v) is 7.97. The molecular weight excluding hydrogens is 217 g/mol. The van der Waals surface area contributed by atoms with Crippen LogP contribution in [0.25, 0.3) is 0 Å². The van der Waals surface area contributed by atoms with Gasteiger partial charge in [-0.25, -0.2) is 0 Å². The lowest BCUT2D eigenvalue weighted by Crippen LogP contribution is -2.34. The fourth-order valence-electron chi connectivity index (χ4n) is 3.24. The molecule has 4 unspecified atom stereocenters. The van der Waals surface area contributed by atoms with E-state index in [2.05, 4.69) is 32.7 Å². The van der Waals surface area contributed by atoms with Crippen LogP contribution in [0.3, 0.4) is 0 Å². The summed E-state index contributed by atoms with van der Waals surface area (Å²) < 4.78 is 0. The molecule has 2 radical (unpaired) electrons. The van der Waals surface area contributed by atoms with Gasteiger partial charge in [-0.05, 0) is 50.6 Å². The average molecular weight is 249 g/mol. The Hall–Kier alpha value is 0.0249. The predicted molar refractivity (Wildman–Crippen MR) is 82.2 cm³/mol. The Morgan fingerprint density at radius 2 is 2.06 bits per heavy atom. The molecule has 0 saturated heterocycles. The highest BCUT2D eigenvalue weighted by Crippen LogP contribution is 2.32. The molecule has 0 aromatic rings. The van der Waals surface area contributed by atoms with Crippen LogP contribution in [0.4, 0.5) is 0 Å². The van der Waals surface area contributed by atoms with Crippen molar-refractivity contribution >= 4 is 7.85 Å². The van der Waals surface area contributed by atoms with Gasteiger partial charge in [0.25, 0.3) is 0 Å². The third kappa shape index (κ3) is 5.34. The van der Waals surface area contributed by atoms with Gasteiger partial charge < -0.3 is 4.90 Å². The van der Waals surface area contributed by atoms with E-state index in [0.717, 1.165) is 24.1 Å². The van der Waals surface area contributed by atoms with E-state index in [1.165, 1.54) is 45.1 Å². The summed E-state index contributed by atoms with van der Waals surface area (Å²) in [6.45, 7) is 8.25. The van der Waals surface area contributed by atoms with Gasteiger partial charge in [0, 0.05) is 6.04 Å². The normalized spacial score (nSPS) is 27.6. The van der Waals surface area contributed by atoms with Crippen LogP contribution in [0.5, 0.6) is 0 Å². The van der Waals surface area contributed by atoms with Crippen molar-refractivity contribution in [1.82, 2.24) is 4.90 Å². The highest BCUT2D eigenvalue weighted by Gasteiger charge is 2.22. The molecule has 4 atom stereocenters. The van der Waals surface area contributed by atoms with Crippen molar-refractivity contribution in [3.05, 3.63) is 0 Å². The van der Waals surface area contributed by atoms with Crippen molar-refractivity contribution in [1.29, 1.82) is 0 Å². The first-order valence-electron chi connectivity index (χ1n) is 7.97. The first-order chi connectivity index (χ1) is 8.56. The molecule has 2 heteroatoms. The Morgan fingerprint density at radius 1 is 1.33 bits per heavy atom. The van der Waals surface area contributed by atoms with Crippen LogP contribution in [0, 0.1) is 17.8 Å². The van der Waals surface area contributed by atoms with Crippen molar-refractivity contribution in [3.63, 3.8) is 0 Å². The van der Waals surface area contributed by atoms with Crippen LogP contribution in [-0.4, -0.2) is 32.4 Å². The minimum absolute atomic E-state index is 0.582. The Kier molecular flexibility index (Phi) is 7.37. The summed E-state index contributed by atoms with van der Waals surface area (Å²) in [5.41, 5.74) is 0. The largest absolute Gasteiger partial charge is 0.304 e. The molecule has 0 aliphatic heterocycles. The highest BCUT2D eigenvalue weighted by atomic mass is 15.1. The van der Waals surface area contributed by atoms with Crippen molar-refractivity contribution in [2.45, 2.75) is 71.7 Å². The molecule has 0 amide bonds. The molecule has 0 heterocycles. The van der Waals surface area contributed by atoms with Crippen molar-refractivity contribution in [3.8, 4) is 0 Å². The van der Waals surface area contributed by atoms with E-state index in [4.69, 9.17) is 7.85 Å². The maximum Gasteiger partial charge on any atom is 0.0674 e. The second-order valence-corrected chi connectivity index (χ2v) is 6.69. The Balaban J connectivity index is 2.26. The lowest BCUT2D eigenvalue weighted by Gasteiger charge is -2.30. The zero-order valence-electron chi connectivity index (χ0n) is 13.0. The van der Waals surface area contributed by atoms with Crippen LogP contribution in [-0.2, 0) is 0 Å². The summed E-state index contributed by atoms with van der Waals surface area (Å²) in [5.74, 6) is 2.74. The Labute approximate surface area is 116 Å². The summed E-state index contributed by atoms with van der Waals surface area (Å²) in [5, 5.41) is 0. The Morgan fingerprint density at radius 3 is 2.56 bits per heavy atom. The van der Waals surface area contributed by atoms with Gasteiger partial charge in [-0.15, -0.1) is 0 Å². The van der Waals surface area contributed by atoms with E-state index in [1.807, 2.05) is 0 Å². The molecule has 1 aliphatic rings. The van der Waals surface area contributed by atoms with Crippen LogP contribution in [0.15, 0.2) is 0 Å². The molecule has 0 aromatic carbocycles. The first kappa shape index (κ1) is 16.1. The van der Waals surface area contributed by atoms with Crippen molar-refractivity contribution in [2.24, 2.45) is 17.8 Å². The van der Waals surface area contributed by atoms with Gasteiger partial charge in [0.15, 0.2) is 0 Å². The average Bonchev–Trinajstić information content (AvgIpc) is 2.78. The molecule has 18 heavy (non-hydrogen) atoms. The molecule has 1 rings (SSSR count). The monoisotopic (exact) mass is 249 g/mol. The quantitative estimate of drug-likeness (QED) is 0.584. The van der Waals surface area contributed by atoms with E-state index in [1.54, 1.807) is 0 Å². The molecule has 104 valence electrons. The van der Waals surface area contributed by atoms with Crippen LogP contribution in [0.1, 0.15) is 59.3 Å². The third-order valence-corrected chi connectivity index (χ3v) is 4.96. The molecule has 1 aliphatic carbocycles. The molecule has 1 fully saturated rings. The lowest BCUT2D eigenvalue weighted by atomic mass is 9.88. The number of nitrogens with zero attached hydrogens (tertiary/aromatic N) is 1. The molecule has 1 nitrogen and oxygen atoms in total. The summed E-state index contributed by atoms with van der Waals surface area (Å²) >= 11 is 0. The fourth-order valence-corrected chi connectivity index (χ4v) is 3.24. The molecule has 1 saturated carbocycles. The van der Waals surface area contributed by atoms with Crippen LogP contribution < -0.4 is 0 Å². The number of hydrogen-bond donors (Lipinski definition) is 0. The summed E-state index contributed by atoms with van der Waals surface area (Å²) in [6.07, 6.45) is 9.05. The third-order valence-electron chi connectivity index (χ3n) is 4.96. The van der Waals surface area contributed by atoms with Gasteiger partial charge in [0.05, 0.1) is 7.85 Å².